The van der Waals surface area contributed by atoms with Crippen LogP contribution >= 0.6 is 0 Å². The molecule has 0 bridgehead atoms. The van der Waals surface area contributed by atoms with Crippen molar-refractivity contribution in [2.24, 2.45) is 5.41 Å². The number of carbonyl (C=O) groups is 1. The molecule has 1 aromatic carbocycles. The molecule has 1 saturated carbocycles. The van der Waals surface area contributed by atoms with Crippen molar-refractivity contribution in [1.29, 1.82) is 0 Å². The molecule has 0 heterocycles. The second-order valence-corrected chi connectivity index (χ2v) is 5.18. The molecule has 0 unspecified atom stereocenters. The summed E-state index contributed by atoms with van der Waals surface area (Å²) in [6.07, 6.45) is 3.50. The van der Waals surface area contributed by atoms with Gasteiger partial charge in [-0.15, -0.1) is 0 Å². The van der Waals surface area contributed by atoms with E-state index in [1.165, 1.54) is 6.92 Å². The van der Waals surface area contributed by atoms with E-state index in [0.717, 1.165) is 37.8 Å². The molecule has 3 heteroatoms. The Hall–Kier alpha value is -1.25. The summed E-state index contributed by atoms with van der Waals surface area (Å²) < 4.78 is 27.1. The van der Waals surface area contributed by atoms with Crippen molar-refractivity contribution in [3.05, 3.63) is 34.9 Å². The Morgan fingerprint density at radius 1 is 1.18 bits per heavy atom. The van der Waals surface area contributed by atoms with Crippen LogP contribution in [0.3, 0.4) is 0 Å². The van der Waals surface area contributed by atoms with Crippen molar-refractivity contribution < 1.29 is 13.6 Å². The molecule has 0 atom stereocenters. The van der Waals surface area contributed by atoms with E-state index in [1.54, 1.807) is 0 Å². The summed E-state index contributed by atoms with van der Waals surface area (Å²) in [5.74, 6) is -1.38. The van der Waals surface area contributed by atoms with Crippen LogP contribution in [0.1, 0.15) is 48.5 Å². The molecule has 92 valence electrons. The lowest BCUT2D eigenvalue weighted by molar-refractivity contribution is 0.0818. The highest BCUT2D eigenvalue weighted by Crippen LogP contribution is 2.40. The molecule has 0 aromatic heterocycles. The van der Waals surface area contributed by atoms with Crippen molar-refractivity contribution in [1.82, 2.24) is 0 Å². The highest BCUT2D eigenvalue weighted by molar-refractivity contribution is 6.00. The van der Waals surface area contributed by atoms with Crippen molar-refractivity contribution in [2.45, 2.75) is 39.5 Å². The number of benzene rings is 1. The van der Waals surface area contributed by atoms with Gasteiger partial charge in [-0.3, -0.25) is 4.79 Å². The number of aryl methyl sites for hydroxylation is 1. The molecule has 0 amide bonds. The van der Waals surface area contributed by atoms with Crippen LogP contribution in [0.25, 0.3) is 0 Å². The summed E-state index contributed by atoms with van der Waals surface area (Å²) in [5, 5.41) is 0. The Morgan fingerprint density at radius 3 is 2.35 bits per heavy atom. The zero-order valence-corrected chi connectivity index (χ0v) is 10.1. The van der Waals surface area contributed by atoms with E-state index >= 15 is 0 Å². The van der Waals surface area contributed by atoms with Gasteiger partial charge in [0.2, 0.25) is 0 Å². The minimum atomic E-state index is -0.609. The predicted octanol–water partition coefficient (Wildman–Crippen LogP) is 4.04. The number of halogens is 2. The largest absolute Gasteiger partial charge is 0.293 e. The molecule has 2 rings (SSSR count). The summed E-state index contributed by atoms with van der Waals surface area (Å²) in [6.45, 7) is 3.34. The molecule has 1 fully saturated rings. The Morgan fingerprint density at radius 2 is 1.76 bits per heavy atom. The third kappa shape index (κ3) is 2.11. The van der Waals surface area contributed by atoms with Gasteiger partial charge in [-0.05, 0) is 37.5 Å². The standard InChI is InChI=1S/C14H16F2O/c1-9-7-12(16)10(8-11(9)15)13(17)14(2)5-3-4-6-14/h7-8H,3-6H2,1-2H3. The number of ketones is 1. The molecule has 1 aliphatic carbocycles. The van der Waals surface area contributed by atoms with Crippen molar-refractivity contribution >= 4 is 5.78 Å². The maximum absolute atomic E-state index is 13.7. The van der Waals surface area contributed by atoms with E-state index in [1.807, 2.05) is 6.92 Å². The topological polar surface area (TPSA) is 17.1 Å². The third-order valence-corrected chi connectivity index (χ3v) is 3.75. The average Bonchev–Trinajstić information content (AvgIpc) is 2.71. The fourth-order valence-corrected chi connectivity index (χ4v) is 2.53. The van der Waals surface area contributed by atoms with Gasteiger partial charge in [-0.1, -0.05) is 19.8 Å². The first-order valence-corrected chi connectivity index (χ1v) is 5.94. The van der Waals surface area contributed by atoms with Gasteiger partial charge in [0.1, 0.15) is 11.6 Å². The highest BCUT2D eigenvalue weighted by Gasteiger charge is 2.38. The predicted molar refractivity (Wildman–Crippen MR) is 62.0 cm³/mol. The van der Waals surface area contributed by atoms with Crippen molar-refractivity contribution in [2.75, 3.05) is 0 Å². The molecule has 0 N–H and O–H groups in total. The molecule has 0 spiro atoms. The Kier molecular flexibility index (Phi) is 3.02. The van der Waals surface area contributed by atoms with Gasteiger partial charge in [0.15, 0.2) is 5.78 Å². The van der Waals surface area contributed by atoms with Gasteiger partial charge >= 0.3 is 0 Å². The number of hydrogen-bond donors (Lipinski definition) is 0. The van der Waals surface area contributed by atoms with Crippen LogP contribution in [0.5, 0.6) is 0 Å². The molecule has 1 aromatic rings. The van der Waals surface area contributed by atoms with E-state index in [2.05, 4.69) is 0 Å². The van der Waals surface area contributed by atoms with E-state index in [9.17, 15) is 13.6 Å². The number of carbonyl (C=O) groups excluding carboxylic acids is 1. The first kappa shape index (κ1) is 12.2. The molecule has 0 radical (unpaired) electrons. The fourth-order valence-electron chi connectivity index (χ4n) is 2.53. The lowest BCUT2D eigenvalue weighted by atomic mass is 9.80. The zero-order chi connectivity index (χ0) is 12.6. The monoisotopic (exact) mass is 238 g/mol. The second-order valence-electron chi connectivity index (χ2n) is 5.18. The summed E-state index contributed by atoms with van der Waals surface area (Å²) in [5.41, 5.74) is -0.379. The Bertz CT molecular complexity index is 460. The Balaban J connectivity index is 2.40. The molecule has 1 aliphatic rings. The van der Waals surface area contributed by atoms with Crippen LogP contribution in [0.4, 0.5) is 8.78 Å². The summed E-state index contributed by atoms with van der Waals surface area (Å²) in [7, 11) is 0. The van der Waals surface area contributed by atoms with E-state index in [4.69, 9.17) is 0 Å². The number of Topliss-reactive ketones (excluding diaryl/α,β-unsaturated/α-hetero) is 1. The smallest absolute Gasteiger partial charge is 0.171 e. The highest BCUT2D eigenvalue weighted by atomic mass is 19.1. The molecular weight excluding hydrogens is 222 g/mol. The minimum absolute atomic E-state index is 0.0995. The third-order valence-electron chi connectivity index (χ3n) is 3.75. The minimum Gasteiger partial charge on any atom is -0.293 e. The van der Waals surface area contributed by atoms with E-state index in [-0.39, 0.29) is 16.9 Å². The van der Waals surface area contributed by atoms with Gasteiger partial charge in [-0.2, -0.15) is 0 Å². The quantitative estimate of drug-likeness (QED) is 0.711. The van der Waals surface area contributed by atoms with Crippen LogP contribution in [-0.2, 0) is 0 Å². The maximum Gasteiger partial charge on any atom is 0.171 e. The zero-order valence-electron chi connectivity index (χ0n) is 10.1. The normalized spacial score (nSPS) is 18.4. The Labute approximate surface area is 99.8 Å². The maximum atomic E-state index is 13.7. The fraction of sp³-hybridized carbons (Fsp3) is 0.500. The van der Waals surface area contributed by atoms with Crippen molar-refractivity contribution in [3.8, 4) is 0 Å². The molecule has 0 saturated heterocycles. The first-order valence-electron chi connectivity index (χ1n) is 5.94. The average molecular weight is 238 g/mol. The van der Waals surface area contributed by atoms with Gasteiger partial charge in [0.05, 0.1) is 5.56 Å². The van der Waals surface area contributed by atoms with Gasteiger partial charge in [-0.25, -0.2) is 8.78 Å². The van der Waals surface area contributed by atoms with E-state index in [0.29, 0.717) is 0 Å². The summed E-state index contributed by atoms with van der Waals surface area (Å²) in [6, 6.07) is 2.14. The number of hydrogen-bond acceptors (Lipinski definition) is 1. The van der Waals surface area contributed by atoms with Crippen molar-refractivity contribution in [3.63, 3.8) is 0 Å². The summed E-state index contributed by atoms with van der Waals surface area (Å²) >= 11 is 0. The van der Waals surface area contributed by atoms with E-state index < -0.39 is 17.0 Å². The number of rotatable bonds is 2. The van der Waals surface area contributed by atoms with Crippen LogP contribution < -0.4 is 0 Å². The SMILES string of the molecule is Cc1cc(F)c(C(=O)C2(C)CCCC2)cc1F. The first-order chi connectivity index (χ1) is 7.94. The second kappa shape index (κ2) is 4.21. The molecular formula is C14H16F2O. The molecule has 17 heavy (non-hydrogen) atoms. The van der Waals surface area contributed by atoms with Crippen LogP contribution in [0, 0.1) is 24.0 Å². The van der Waals surface area contributed by atoms with Gasteiger partial charge in [0.25, 0.3) is 0 Å². The molecule has 0 aliphatic heterocycles. The van der Waals surface area contributed by atoms with Crippen LogP contribution in [0.2, 0.25) is 0 Å². The lowest BCUT2D eigenvalue weighted by Crippen LogP contribution is -2.25. The van der Waals surface area contributed by atoms with Gasteiger partial charge in [0, 0.05) is 5.41 Å². The summed E-state index contributed by atoms with van der Waals surface area (Å²) in [4.78, 5) is 12.2. The van der Waals surface area contributed by atoms with Crippen LogP contribution in [-0.4, -0.2) is 5.78 Å². The van der Waals surface area contributed by atoms with Gasteiger partial charge < -0.3 is 0 Å². The molecule has 1 nitrogen and oxygen atoms in total. The lowest BCUT2D eigenvalue weighted by Gasteiger charge is -2.22. The van der Waals surface area contributed by atoms with Crippen LogP contribution in [0.15, 0.2) is 12.1 Å².